The van der Waals surface area contributed by atoms with E-state index in [-0.39, 0.29) is 18.3 Å². The van der Waals surface area contributed by atoms with Crippen LogP contribution in [0.3, 0.4) is 0 Å². The van der Waals surface area contributed by atoms with E-state index >= 15 is 0 Å². The Labute approximate surface area is 96.0 Å². The van der Waals surface area contributed by atoms with E-state index in [1.807, 2.05) is 0 Å². The molecule has 2 aromatic rings. The number of hydrogen-bond donors (Lipinski definition) is 1. The van der Waals surface area contributed by atoms with Gasteiger partial charge in [0.05, 0.1) is 5.69 Å². The third-order valence-electron chi connectivity index (χ3n) is 2.06. The molecule has 2 aromatic heterocycles. The summed E-state index contributed by atoms with van der Waals surface area (Å²) in [5.74, 6) is -0.737. The van der Waals surface area contributed by atoms with E-state index in [0.29, 0.717) is 17.1 Å². The summed E-state index contributed by atoms with van der Waals surface area (Å²) in [7, 11) is 1.53. The van der Waals surface area contributed by atoms with Gasteiger partial charge < -0.3 is 18.8 Å². The Morgan fingerprint density at radius 2 is 2.35 bits per heavy atom. The number of carboxylic acid groups (broad SMARTS) is 1. The molecule has 0 spiro atoms. The van der Waals surface area contributed by atoms with E-state index in [1.165, 1.54) is 7.11 Å². The van der Waals surface area contributed by atoms with Gasteiger partial charge in [0.1, 0.15) is 6.61 Å². The third-order valence-corrected chi connectivity index (χ3v) is 2.06. The molecule has 0 atom stereocenters. The molecule has 0 aliphatic carbocycles. The van der Waals surface area contributed by atoms with Gasteiger partial charge in [0, 0.05) is 13.2 Å². The van der Waals surface area contributed by atoms with Crippen LogP contribution in [0.2, 0.25) is 0 Å². The molecule has 0 aliphatic rings. The molecule has 2 rings (SSSR count). The Balaban J connectivity index is 2.32. The third kappa shape index (κ3) is 2.18. The first-order chi connectivity index (χ1) is 8.11. The number of oxazole rings is 1. The maximum atomic E-state index is 10.8. The van der Waals surface area contributed by atoms with Crippen molar-refractivity contribution < 1.29 is 23.6 Å². The summed E-state index contributed by atoms with van der Waals surface area (Å²) in [5, 5.41) is 12.5. The smallest absolute Gasteiger partial charge is 0.373 e. The van der Waals surface area contributed by atoms with Crippen molar-refractivity contribution in [2.24, 2.45) is 0 Å². The number of nitrogens with zero attached hydrogens (tertiary/aromatic N) is 2. The predicted octanol–water partition coefficient (Wildman–Crippen LogP) is 1.48. The summed E-state index contributed by atoms with van der Waals surface area (Å²) >= 11 is 0. The van der Waals surface area contributed by atoms with Crippen LogP contribution in [0.15, 0.2) is 15.0 Å². The molecule has 0 aliphatic heterocycles. The maximum Gasteiger partial charge on any atom is 0.373 e. The molecule has 0 saturated heterocycles. The molecule has 2 heterocycles. The number of carboxylic acids is 1. The minimum Gasteiger partial charge on any atom is -0.475 e. The Morgan fingerprint density at radius 1 is 1.59 bits per heavy atom. The summed E-state index contributed by atoms with van der Waals surface area (Å²) in [6.07, 6.45) is 0. The van der Waals surface area contributed by atoms with Gasteiger partial charge in [0.2, 0.25) is 11.7 Å². The molecule has 90 valence electrons. The first kappa shape index (κ1) is 11.3. The molecule has 7 heteroatoms. The standard InChI is InChI=1S/C10H10N2O5/c1-5-8(10(13)14)16-9(11-5)7-3-6(4-15-2)17-12-7/h3H,4H2,1-2H3,(H,13,14). The molecular weight excluding hydrogens is 228 g/mol. The van der Waals surface area contributed by atoms with E-state index in [1.54, 1.807) is 13.0 Å². The maximum absolute atomic E-state index is 10.8. The highest BCUT2D eigenvalue weighted by Crippen LogP contribution is 2.21. The van der Waals surface area contributed by atoms with E-state index in [2.05, 4.69) is 10.1 Å². The van der Waals surface area contributed by atoms with Crippen molar-refractivity contribution in [3.8, 4) is 11.6 Å². The SMILES string of the molecule is COCc1cc(-c2nc(C)c(C(=O)O)o2)no1. The van der Waals surface area contributed by atoms with Gasteiger partial charge >= 0.3 is 5.97 Å². The van der Waals surface area contributed by atoms with Crippen molar-refractivity contribution in [1.29, 1.82) is 0 Å². The second-order valence-electron chi connectivity index (χ2n) is 3.35. The van der Waals surface area contributed by atoms with Crippen molar-refractivity contribution >= 4 is 5.97 Å². The Morgan fingerprint density at radius 3 is 2.94 bits per heavy atom. The average Bonchev–Trinajstić information content (AvgIpc) is 2.85. The molecule has 7 nitrogen and oxygen atoms in total. The number of aromatic carboxylic acids is 1. The zero-order valence-electron chi connectivity index (χ0n) is 9.26. The van der Waals surface area contributed by atoms with Gasteiger partial charge in [-0.05, 0) is 6.92 Å². The van der Waals surface area contributed by atoms with E-state index in [4.69, 9.17) is 18.8 Å². The molecule has 0 aromatic carbocycles. The number of hydrogen-bond acceptors (Lipinski definition) is 6. The largest absolute Gasteiger partial charge is 0.475 e. The lowest BCUT2D eigenvalue weighted by molar-refractivity contribution is 0.0662. The normalized spacial score (nSPS) is 10.7. The summed E-state index contributed by atoms with van der Waals surface area (Å²) in [4.78, 5) is 14.7. The van der Waals surface area contributed by atoms with Crippen LogP contribution in [0.5, 0.6) is 0 Å². The summed E-state index contributed by atoms with van der Waals surface area (Å²) in [6.45, 7) is 1.82. The van der Waals surface area contributed by atoms with Gasteiger partial charge in [0.15, 0.2) is 11.5 Å². The van der Waals surface area contributed by atoms with E-state index < -0.39 is 5.97 Å². The van der Waals surface area contributed by atoms with Crippen LogP contribution in [-0.4, -0.2) is 28.3 Å². The van der Waals surface area contributed by atoms with Crippen molar-refractivity contribution in [3.05, 3.63) is 23.3 Å². The van der Waals surface area contributed by atoms with Gasteiger partial charge in [-0.15, -0.1) is 0 Å². The lowest BCUT2D eigenvalue weighted by Gasteiger charge is -1.87. The van der Waals surface area contributed by atoms with Crippen molar-refractivity contribution in [2.75, 3.05) is 7.11 Å². The molecule has 17 heavy (non-hydrogen) atoms. The first-order valence-corrected chi connectivity index (χ1v) is 4.77. The van der Waals surface area contributed by atoms with Crippen molar-refractivity contribution in [2.45, 2.75) is 13.5 Å². The van der Waals surface area contributed by atoms with Crippen LogP contribution in [0, 0.1) is 6.92 Å². The summed E-state index contributed by atoms with van der Waals surface area (Å²) in [6, 6.07) is 1.58. The van der Waals surface area contributed by atoms with Gasteiger partial charge in [-0.3, -0.25) is 0 Å². The molecule has 0 fully saturated rings. The van der Waals surface area contributed by atoms with Crippen LogP contribution in [0.4, 0.5) is 0 Å². The second-order valence-corrected chi connectivity index (χ2v) is 3.35. The lowest BCUT2D eigenvalue weighted by Crippen LogP contribution is -1.95. The van der Waals surface area contributed by atoms with Gasteiger partial charge in [-0.1, -0.05) is 5.16 Å². The van der Waals surface area contributed by atoms with Gasteiger partial charge in [0.25, 0.3) is 0 Å². The van der Waals surface area contributed by atoms with E-state index in [0.717, 1.165) is 0 Å². The zero-order valence-corrected chi connectivity index (χ0v) is 9.26. The highest BCUT2D eigenvalue weighted by molar-refractivity contribution is 5.85. The number of ether oxygens (including phenoxy) is 1. The molecular formula is C10H10N2O5. The number of carbonyl (C=O) groups is 1. The number of methoxy groups -OCH3 is 1. The minimum absolute atomic E-state index is 0.117. The van der Waals surface area contributed by atoms with Gasteiger partial charge in [-0.2, -0.15) is 0 Å². The predicted molar refractivity (Wildman–Crippen MR) is 54.4 cm³/mol. The molecule has 0 radical (unpaired) electrons. The van der Waals surface area contributed by atoms with Crippen LogP contribution < -0.4 is 0 Å². The van der Waals surface area contributed by atoms with Crippen LogP contribution in [0.25, 0.3) is 11.6 Å². The van der Waals surface area contributed by atoms with Gasteiger partial charge in [-0.25, -0.2) is 9.78 Å². The fourth-order valence-electron chi connectivity index (χ4n) is 1.33. The fraction of sp³-hybridized carbons (Fsp3) is 0.300. The highest BCUT2D eigenvalue weighted by Gasteiger charge is 2.19. The Kier molecular flexibility index (Phi) is 2.92. The quantitative estimate of drug-likeness (QED) is 0.861. The monoisotopic (exact) mass is 238 g/mol. The first-order valence-electron chi connectivity index (χ1n) is 4.77. The number of rotatable bonds is 4. The number of aromatic nitrogens is 2. The van der Waals surface area contributed by atoms with E-state index in [9.17, 15) is 4.79 Å². The summed E-state index contributed by atoms with van der Waals surface area (Å²) in [5.41, 5.74) is 0.636. The molecule has 1 N–H and O–H groups in total. The highest BCUT2D eigenvalue weighted by atomic mass is 16.5. The minimum atomic E-state index is -1.16. The lowest BCUT2D eigenvalue weighted by atomic mass is 10.3. The zero-order chi connectivity index (χ0) is 12.4. The van der Waals surface area contributed by atoms with Crippen molar-refractivity contribution in [3.63, 3.8) is 0 Å². The Bertz CT molecular complexity index is 543. The molecule has 0 unspecified atom stereocenters. The van der Waals surface area contributed by atoms with Crippen LogP contribution in [-0.2, 0) is 11.3 Å². The fourth-order valence-corrected chi connectivity index (χ4v) is 1.33. The second kappa shape index (κ2) is 4.38. The van der Waals surface area contributed by atoms with Crippen molar-refractivity contribution in [1.82, 2.24) is 10.1 Å². The van der Waals surface area contributed by atoms with Crippen LogP contribution >= 0.6 is 0 Å². The molecule has 0 saturated carbocycles. The summed E-state index contributed by atoms with van der Waals surface area (Å²) < 4.78 is 14.9. The average molecular weight is 238 g/mol. The molecule has 0 amide bonds. The van der Waals surface area contributed by atoms with Crippen LogP contribution in [0.1, 0.15) is 22.0 Å². The molecule has 0 bridgehead atoms. The topological polar surface area (TPSA) is 98.6 Å². The Hall–Kier alpha value is -2.15. The number of aryl methyl sites for hydroxylation is 1.